The average Bonchev–Trinajstić information content (AvgIpc) is 2.65. The Labute approximate surface area is 79.4 Å². The first kappa shape index (κ1) is 10.3. The van der Waals surface area contributed by atoms with Crippen LogP contribution in [0.3, 0.4) is 0 Å². The van der Waals surface area contributed by atoms with Gasteiger partial charge in [0.2, 0.25) is 0 Å². The zero-order chi connectivity index (χ0) is 9.68. The summed E-state index contributed by atoms with van der Waals surface area (Å²) in [5, 5.41) is 0. The number of hydrogen-bond acceptors (Lipinski definition) is 3. The number of methoxy groups -OCH3 is 1. The lowest BCUT2D eigenvalue weighted by Crippen LogP contribution is -2.19. The molecule has 0 aromatic heterocycles. The van der Waals surface area contributed by atoms with E-state index >= 15 is 0 Å². The van der Waals surface area contributed by atoms with Crippen LogP contribution in [-0.4, -0.2) is 37.6 Å². The molecule has 0 amide bonds. The molecule has 0 saturated carbocycles. The van der Waals surface area contributed by atoms with Crippen molar-refractivity contribution in [2.45, 2.75) is 19.8 Å². The molecule has 3 nitrogen and oxygen atoms in total. The minimum atomic E-state index is -0.223. The molecule has 1 heterocycles. The quantitative estimate of drug-likeness (QED) is 0.486. The summed E-state index contributed by atoms with van der Waals surface area (Å²) in [5.74, 6) is -0.223. The van der Waals surface area contributed by atoms with E-state index in [0.717, 1.165) is 19.6 Å². The third-order valence-electron chi connectivity index (χ3n) is 2.36. The fourth-order valence-electron chi connectivity index (χ4n) is 1.48. The molecule has 0 atom stereocenters. The number of ether oxygens (including phenoxy) is 1. The van der Waals surface area contributed by atoms with Crippen LogP contribution in [0.5, 0.6) is 0 Å². The molecule has 0 aliphatic carbocycles. The number of nitrogens with zero attached hydrogens (tertiary/aromatic N) is 1. The lowest BCUT2D eigenvalue weighted by Gasteiger charge is -2.11. The summed E-state index contributed by atoms with van der Waals surface area (Å²) in [5.41, 5.74) is 0.703. The van der Waals surface area contributed by atoms with Crippen LogP contribution < -0.4 is 0 Å². The smallest absolute Gasteiger partial charge is 0.333 e. The SMILES string of the molecule is COC(=O)C(C)=CCN1CCCC1. The van der Waals surface area contributed by atoms with E-state index in [0.29, 0.717) is 5.57 Å². The molecule has 1 rings (SSSR count). The van der Waals surface area contributed by atoms with E-state index in [4.69, 9.17) is 0 Å². The number of rotatable bonds is 3. The van der Waals surface area contributed by atoms with Crippen molar-refractivity contribution >= 4 is 5.97 Å². The molecule has 74 valence electrons. The summed E-state index contributed by atoms with van der Waals surface area (Å²) < 4.78 is 4.60. The predicted molar refractivity (Wildman–Crippen MR) is 51.4 cm³/mol. The van der Waals surface area contributed by atoms with Crippen LogP contribution in [-0.2, 0) is 9.53 Å². The second-order valence-corrected chi connectivity index (χ2v) is 3.39. The molecule has 1 fully saturated rings. The van der Waals surface area contributed by atoms with Crippen LogP contribution in [0.25, 0.3) is 0 Å². The molecule has 0 N–H and O–H groups in total. The van der Waals surface area contributed by atoms with Crippen LogP contribution in [0.15, 0.2) is 11.6 Å². The van der Waals surface area contributed by atoms with E-state index in [-0.39, 0.29) is 5.97 Å². The van der Waals surface area contributed by atoms with Gasteiger partial charge in [-0.3, -0.25) is 4.90 Å². The van der Waals surface area contributed by atoms with Gasteiger partial charge in [0.25, 0.3) is 0 Å². The zero-order valence-corrected chi connectivity index (χ0v) is 8.38. The minimum Gasteiger partial charge on any atom is -0.466 e. The van der Waals surface area contributed by atoms with Crippen molar-refractivity contribution in [3.8, 4) is 0 Å². The minimum absolute atomic E-state index is 0.223. The normalized spacial score (nSPS) is 19.1. The maximum Gasteiger partial charge on any atom is 0.333 e. The van der Waals surface area contributed by atoms with Gasteiger partial charge in [-0.05, 0) is 32.9 Å². The number of carbonyl (C=O) groups excluding carboxylic acids is 1. The van der Waals surface area contributed by atoms with Gasteiger partial charge in [0.15, 0.2) is 0 Å². The van der Waals surface area contributed by atoms with Crippen molar-refractivity contribution in [1.82, 2.24) is 4.90 Å². The summed E-state index contributed by atoms with van der Waals surface area (Å²) in [6.07, 6.45) is 4.51. The first-order valence-electron chi connectivity index (χ1n) is 4.71. The monoisotopic (exact) mass is 183 g/mol. The highest BCUT2D eigenvalue weighted by atomic mass is 16.5. The molecule has 1 saturated heterocycles. The molecular formula is C10H17NO2. The number of hydrogen-bond donors (Lipinski definition) is 0. The largest absolute Gasteiger partial charge is 0.466 e. The highest BCUT2D eigenvalue weighted by Gasteiger charge is 2.10. The van der Waals surface area contributed by atoms with Gasteiger partial charge >= 0.3 is 5.97 Å². The summed E-state index contributed by atoms with van der Waals surface area (Å²) in [7, 11) is 1.41. The summed E-state index contributed by atoms with van der Waals surface area (Å²) in [6.45, 7) is 4.98. The van der Waals surface area contributed by atoms with Crippen molar-refractivity contribution in [3.05, 3.63) is 11.6 Å². The first-order valence-corrected chi connectivity index (χ1v) is 4.71. The second-order valence-electron chi connectivity index (χ2n) is 3.39. The molecule has 0 spiro atoms. The van der Waals surface area contributed by atoms with Gasteiger partial charge in [0, 0.05) is 12.1 Å². The topological polar surface area (TPSA) is 29.5 Å². The fourth-order valence-corrected chi connectivity index (χ4v) is 1.48. The Morgan fingerprint density at radius 2 is 2.08 bits per heavy atom. The van der Waals surface area contributed by atoms with Crippen LogP contribution in [0.2, 0.25) is 0 Å². The van der Waals surface area contributed by atoms with E-state index in [9.17, 15) is 4.79 Å². The molecule has 3 heteroatoms. The molecule has 0 aromatic rings. The van der Waals surface area contributed by atoms with Crippen molar-refractivity contribution in [3.63, 3.8) is 0 Å². The van der Waals surface area contributed by atoms with Gasteiger partial charge in [-0.1, -0.05) is 6.08 Å². The Morgan fingerprint density at radius 1 is 1.46 bits per heavy atom. The molecule has 1 aliphatic heterocycles. The maximum atomic E-state index is 11.0. The molecular weight excluding hydrogens is 166 g/mol. The molecule has 0 unspecified atom stereocenters. The molecule has 13 heavy (non-hydrogen) atoms. The van der Waals surface area contributed by atoms with Gasteiger partial charge in [-0.15, -0.1) is 0 Å². The van der Waals surface area contributed by atoms with Crippen molar-refractivity contribution in [2.24, 2.45) is 0 Å². The highest BCUT2D eigenvalue weighted by Crippen LogP contribution is 2.07. The van der Waals surface area contributed by atoms with Crippen LogP contribution in [0, 0.1) is 0 Å². The first-order chi connectivity index (χ1) is 6.24. The fraction of sp³-hybridized carbons (Fsp3) is 0.700. The van der Waals surface area contributed by atoms with Gasteiger partial charge in [0.1, 0.15) is 0 Å². The van der Waals surface area contributed by atoms with Crippen molar-refractivity contribution < 1.29 is 9.53 Å². The number of esters is 1. The van der Waals surface area contributed by atoms with Crippen LogP contribution >= 0.6 is 0 Å². The molecule has 1 aliphatic rings. The Hall–Kier alpha value is -0.830. The van der Waals surface area contributed by atoms with E-state index in [1.165, 1.54) is 20.0 Å². The number of likely N-dealkylation sites (tertiary alicyclic amines) is 1. The van der Waals surface area contributed by atoms with Gasteiger partial charge in [-0.2, -0.15) is 0 Å². The van der Waals surface area contributed by atoms with Gasteiger partial charge in [0.05, 0.1) is 7.11 Å². The van der Waals surface area contributed by atoms with Crippen molar-refractivity contribution in [1.29, 1.82) is 0 Å². The number of carbonyl (C=O) groups is 1. The third-order valence-corrected chi connectivity index (χ3v) is 2.36. The molecule has 0 bridgehead atoms. The van der Waals surface area contributed by atoms with E-state index in [1.54, 1.807) is 6.92 Å². The zero-order valence-electron chi connectivity index (χ0n) is 8.38. The third kappa shape index (κ3) is 3.19. The molecule has 0 radical (unpaired) electrons. The average molecular weight is 183 g/mol. The maximum absolute atomic E-state index is 11.0. The van der Waals surface area contributed by atoms with Crippen molar-refractivity contribution in [2.75, 3.05) is 26.7 Å². The Morgan fingerprint density at radius 3 is 2.62 bits per heavy atom. The van der Waals surface area contributed by atoms with Crippen LogP contribution in [0.4, 0.5) is 0 Å². The van der Waals surface area contributed by atoms with E-state index in [1.807, 2.05) is 6.08 Å². The standard InChI is InChI=1S/C10H17NO2/c1-9(10(12)13-2)5-8-11-6-3-4-7-11/h5H,3-4,6-8H2,1-2H3. The Kier molecular flexibility index (Phi) is 3.96. The summed E-state index contributed by atoms with van der Waals surface area (Å²) in [4.78, 5) is 13.3. The molecule has 0 aromatic carbocycles. The lowest BCUT2D eigenvalue weighted by molar-refractivity contribution is -0.136. The van der Waals surface area contributed by atoms with Crippen LogP contribution in [0.1, 0.15) is 19.8 Å². The predicted octanol–water partition coefficient (Wildman–Crippen LogP) is 1.20. The Balaban J connectivity index is 2.33. The van der Waals surface area contributed by atoms with E-state index in [2.05, 4.69) is 9.64 Å². The highest BCUT2D eigenvalue weighted by molar-refractivity contribution is 5.87. The van der Waals surface area contributed by atoms with Gasteiger partial charge in [-0.25, -0.2) is 4.79 Å². The second kappa shape index (κ2) is 5.02. The lowest BCUT2D eigenvalue weighted by atomic mass is 10.3. The van der Waals surface area contributed by atoms with E-state index < -0.39 is 0 Å². The summed E-state index contributed by atoms with van der Waals surface area (Å²) >= 11 is 0. The summed E-state index contributed by atoms with van der Waals surface area (Å²) in [6, 6.07) is 0. The Bertz CT molecular complexity index is 205. The van der Waals surface area contributed by atoms with Gasteiger partial charge < -0.3 is 4.74 Å².